The van der Waals surface area contributed by atoms with Crippen LogP contribution in [-0.4, -0.2) is 19.7 Å². The minimum atomic E-state index is -3.21. The van der Waals surface area contributed by atoms with E-state index in [4.69, 9.17) is 5.73 Å². The van der Waals surface area contributed by atoms with Gasteiger partial charge in [0.15, 0.2) is 9.84 Å². The molecule has 0 radical (unpaired) electrons. The Kier molecular flexibility index (Phi) is 3.99. The van der Waals surface area contributed by atoms with E-state index in [1.165, 1.54) is 0 Å². The minimum absolute atomic E-state index is 0.0962. The quantitative estimate of drug-likeness (QED) is 0.897. The summed E-state index contributed by atoms with van der Waals surface area (Å²) in [5.41, 5.74) is 7.46. The average Bonchev–Trinajstić information content (AvgIpc) is 2.18. The molecule has 0 fully saturated rings. The lowest BCUT2D eigenvalue weighted by atomic mass is 10.0. The molecule has 0 aliphatic heterocycles. The fourth-order valence-corrected chi connectivity index (χ4v) is 3.08. The molecule has 0 heterocycles. The van der Waals surface area contributed by atoms with Gasteiger partial charge in [0.2, 0.25) is 0 Å². The van der Waals surface area contributed by atoms with Crippen LogP contribution < -0.4 is 5.73 Å². The fraction of sp³-hybridized carbons (Fsp3) is 0.538. The summed E-state index contributed by atoms with van der Waals surface area (Å²) in [6.45, 7) is 7.56. The van der Waals surface area contributed by atoms with Gasteiger partial charge in [-0.3, -0.25) is 0 Å². The van der Waals surface area contributed by atoms with Crippen LogP contribution in [0.2, 0.25) is 0 Å². The third-order valence-electron chi connectivity index (χ3n) is 2.85. The van der Waals surface area contributed by atoms with Crippen LogP contribution in [0.25, 0.3) is 0 Å². The van der Waals surface area contributed by atoms with Gasteiger partial charge in [-0.2, -0.15) is 0 Å². The summed E-state index contributed by atoms with van der Waals surface area (Å²) in [5, 5.41) is 0. The third-order valence-corrected chi connectivity index (χ3v) is 4.57. The van der Waals surface area contributed by atoms with E-state index in [0.717, 1.165) is 11.1 Å². The molecule has 96 valence electrons. The molecule has 0 saturated carbocycles. The van der Waals surface area contributed by atoms with Gasteiger partial charge in [-0.25, -0.2) is 8.42 Å². The molecule has 0 saturated heterocycles. The monoisotopic (exact) mass is 255 g/mol. The number of hydrogen-bond donors (Lipinski definition) is 1. The summed E-state index contributed by atoms with van der Waals surface area (Å²) in [4.78, 5) is 0.393. The van der Waals surface area contributed by atoms with E-state index in [1.807, 2.05) is 33.8 Å². The van der Waals surface area contributed by atoms with Crippen molar-refractivity contribution in [3.05, 3.63) is 29.3 Å². The van der Waals surface area contributed by atoms with Crippen molar-refractivity contribution >= 4 is 9.84 Å². The minimum Gasteiger partial charge on any atom is -0.326 e. The number of hydrogen-bond acceptors (Lipinski definition) is 3. The first-order valence-corrected chi connectivity index (χ1v) is 7.36. The van der Waals surface area contributed by atoms with Gasteiger partial charge in [0.25, 0.3) is 0 Å². The van der Waals surface area contributed by atoms with Crippen LogP contribution in [0, 0.1) is 13.8 Å². The van der Waals surface area contributed by atoms with Gasteiger partial charge in [-0.05, 0) is 57.4 Å². The van der Waals surface area contributed by atoms with Gasteiger partial charge >= 0.3 is 0 Å². The fourth-order valence-electron chi connectivity index (χ4n) is 1.42. The topological polar surface area (TPSA) is 60.2 Å². The molecule has 0 spiro atoms. The summed E-state index contributed by atoms with van der Waals surface area (Å²) in [6.07, 6.45) is 0.461. The van der Waals surface area contributed by atoms with Crippen molar-refractivity contribution in [2.75, 3.05) is 5.75 Å². The van der Waals surface area contributed by atoms with Crippen LogP contribution >= 0.6 is 0 Å². The number of aryl methyl sites for hydroxylation is 2. The van der Waals surface area contributed by atoms with Crippen LogP contribution in [0.5, 0.6) is 0 Å². The van der Waals surface area contributed by atoms with Crippen molar-refractivity contribution in [3.8, 4) is 0 Å². The van der Waals surface area contributed by atoms with Gasteiger partial charge in [0.1, 0.15) is 0 Å². The Morgan fingerprint density at radius 2 is 1.76 bits per heavy atom. The maximum Gasteiger partial charge on any atom is 0.178 e. The van der Waals surface area contributed by atoms with Crippen molar-refractivity contribution in [1.29, 1.82) is 0 Å². The highest BCUT2D eigenvalue weighted by Gasteiger charge is 2.19. The van der Waals surface area contributed by atoms with E-state index in [9.17, 15) is 8.42 Å². The molecule has 0 amide bonds. The summed E-state index contributed by atoms with van der Waals surface area (Å²) < 4.78 is 24.2. The van der Waals surface area contributed by atoms with Gasteiger partial charge in [0.05, 0.1) is 10.6 Å². The van der Waals surface area contributed by atoms with E-state index in [-0.39, 0.29) is 5.75 Å². The Bertz CT molecular complexity index is 499. The summed E-state index contributed by atoms with van der Waals surface area (Å²) >= 11 is 0. The highest BCUT2D eigenvalue weighted by molar-refractivity contribution is 7.91. The molecule has 0 aliphatic rings. The van der Waals surface area contributed by atoms with Crippen LogP contribution in [0.3, 0.4) is 0 Å². The number of sulfone groups is 1. The molecule has 1 aromatic carbocycles. The highest BCUT2D eigenvalue weighted by atomic mass is 32.2. The number of rotatable bonds is 4. The van der Waals surface area contributed by atoms with Gasteiger partial charge in [-0.1, -0.05) is 6.07 Å². The molecule has 3 nitrogen and oxygen atoms in total. The molecule has 1 aromatic rings. The standard InChI is InChI=1S/C13H21NO2S/c1-10-5-6-12(9-11(10)2)17(15,16)8-7-13(3,4)14/h5-6,9H,7-8,14H2,1-4H3. The first-order chi connectivity index (χ1) is 7.62. The maximum absolute atomic E-state index is 12.1. The lowest BCUT2D eigenvalue weighted by molar-refractivity contribution is 0.495. The van der Waals surface area contributed by atoms with E-state index < -0.39 is 15.4 Å². The zero-order chi connectivity index (χ0) is 13.3. The second kappa shape index (κ2) is 4.78. The van der Waals surface area contributed by atoms with E-state index in [2.05, 4.69) is 0 Å². The number of benzene rings is 1. The Labute approximate surface area is 104 Å². The molecule has 4 heteroatoms. The predicted molar refractivity (Wildman–Crippen MR) is 70.9 cm³/mol. The second-order valence-corrected chi connectivity index (χ2v) is 7.41. The first-order valence-electron chi connectivity index (χ1n) is 5.71. The zero-order valence-electron chi connectivity index (χ0n) is 10.9. The lowest BCUT2D eigenvalue weighted by Gasteiger charge is -2.18. The highest BCUT2D eigenvalue weighted by Crippen LogP contribution is 2.18. The third kappa shape index (κ3) is 4.13. The molecule has 1 rings (SSSR count). The van der Waals surface area contributed by atoms with Gasteiger partial charge < -0.3 is 5.73 Å². The second-order valence-electron chi connectivity index (χ2n) is 5.30. The number of nitrogens with two attached hydrogens (primary N) is 1. The largest absolute Gasteiger partial charge is 0.326 e. The van der Waals surface area contributed by atoms with Gasteiger partial charge in [0, 0.05) is 5.54 Å². The smallest absolute Gasteiger partial charge is 0.178 e. The Hall–Kier alpha value is -0.870. The maximum atomic E-state index is 12.1. The molecular weight excluding hydrogens is 234 g/mol. The molecule has 0 aliphatic carbocycles. The molecule has 0 bridgehead atoms. The van der Waals surface area contributed by atoms with Crippen molar-refractivity contribution in [2.24, 2.45) is 5.73 Å². The van der Waals surface area contributed by atoms with Crippen molar-refractivity contribution in [1.82, 2.24) is 0 Å². The Morgan fingerprint density at radius 1 is 1.18 bits per heavy atom. The molecule has 17 heavy (non-hydrogen) atoms. The Balaban J connectivity index is 2.94. The van der Waals surface area contributed by atoms with E-state index in [0.29, 0.717) is 11.3 Å². The zero-order valence-corrected chi connectivity index (χ0v) is 11.8. The van der Waals surface area contributed by atoms with Crippen molar-refractivity contribution in [3.63, 3.8) is 0 Å². The van der Waals surface area contributed by atoms with Gasteiger partial charge in [-0.15, -0.1) is 0 Å². The first kappa shape index (κ1) is 14.2. The molecule has 0 unspecified atom stereocenters. The average molecular weight is 255 g/mol. The summed E-state index contributed by atoms with van der Waals surface area (Å²) in [5.74, 6) is 0.0962. The molecule has 0 aromatic heterocycles. The predicted octanol–water partition coefficient (Wildman–Crippen LogP) is 2.20. The molecule has 2 N–H and O–H groups in total. The van der Waals surface area contributed by atoms with Crippen LogP contribution in [0.4, 0.5) is 0 Å². The van der Waals surface area contributed by atoms with Crippen LogP contribution in [-0.2, 0) is 9.84 Å². The van der Waals surface area contributed by atoms with Crippen LogP contribution in [0.15, 0.2) is 23.1 Å². The normalized spacial score (nSPS) is 12.8. The Morgan fingerprint density at radius 3 is 2.24 bits per heavy atom. The van der Waals surface area contributed by atoms with E-state index >= 15 is 0 Å². The van der Waals surface area contributed by atoms with Crippen molar-refractivity contribution < 1.29 is 8.42 Å². The lowest BCUT2D eigenvalue weighted by Crippen LogP contribution is -2.34. The summed E-state index contributed by atoms with van der Waals surface area (Å²) in [6, 6.07) is 5.24. The van der Waals surface area contributed by atoms with Crippen LogP contribution in [0.1, 0.15) is 31.4 Å². The van der Waals surface area contributed by atoms with Crippen molar-refractivity contribution in [2.45, 2.75) is 44.6 Å². The van der Waals surface area contributed by atoms with E-state index in [1.54, 1.807) is 12.1 Å². The summed E-state index contributed by atoms with van der Waals surface area (Å²) in [7, 11) is -3.21. The molecular formula is C13H21NO2S. The SMILES string of the molecule is Cc1ccc(S(=O)(=O)CCC(C)(C)N)cc1C. The molecule has 0 atom stereocenters.